The van der Waals surface area contributed by atoms with E-state index in [0.717, 1.165) is 0 Å². The Morgan fingerprint density at radius 3 is 2.07 bits per heavy atom. The van der Waals surface area contributed by atoms with Crippen molar-refractivity contribution in [2.45, 2.75) is 199 Å². The summed E-state index contributed by atoms with van der Waals surface area (Å²) in [6, 6.07) is -0.433. The van der Waals surface area contributed by atoms with E-state index in [9.17, 15) is 39.6 Å². The van der Waals surface area contributed by atoms with E-state index in [0.29, 0.717) is 6.42 Å². The lowest BCUT2D eigenvalue weighted by Crippen LogP contribution is -2.61. The lowest BCUT2D eigenvalue weighted by molar-refractivity contribution is -0.319. The van der Waals surface area contributed by atoms with E-state index in [-0.39, 0.29) is 38.7 Å². The summed E-state index contributed by atoms with van der Waals surface area (Å²) in [5.41, 5.74) is -5.05. The van der Waals surface area contributed by atoms with Gasteiger partial charge < -0.3 is 63.2 Å². The Kier molecular flexibility index (Phi) is 18.5. The van der Waals surface area contributed by atoms with E-state index < -0.39 is 132 Å². The van der Waals surface area contributed by atoms with Crippen molar-refractivity contribution >= 4 is 23.7 Å². The molecule has 3 aliphatic heterocycles. The molecule has 0 aromatic heterocycles. The van der Waals surface area contributed by atoms with E-state index in [2.05, 4.69) is 0 Å². The molecular formula is C43H75NO16. The van der Waals surface area contributed by atoms with Gasteiger partial charge in [0.2, 0.25) is 0 Å². The van der Waals surface area contributed by atoms with Crippen LogP contribution in [0.4, 0.5) is 0 Å². The first-order chi connectivity index (χ1) is 27.8. The number of hydrogen-bond acceptors (Lipinski definition) is 17. The molecule has 0 bridgehead atoms. The molecule has 4 N–H and O–H groups in total. The number of ether oxygens (including phenoxy) is 8. The second-order valence-corrected chi connectivity index (χ2v) is 18.3. The first-order valence-electron chi connectivity index (χ1n) is 21.5. The average molecular weight is 862 g/mol. The molecule has 0 amide bonds. The Hall–Kier alpha value is -2.32. The van der Waals surface area contributed by atoms with Crippen LogP contribution in [0.2, 0.25) is 0 Å². The van der Waals surface area contributed by atoms with Gasteiger partial charge in [-0.1, -0.05) is 34.6 Å². The van der Waals surface area contributed by atoms with Crippen LogP contribution in [0.3, 0.4) is 0 Å². The van der Waals surface area contributed by atoms with Gasteiger partial charge in [-0.2, -0.15) is 0 Å². The molecule has 3 fully saturated rings. The molecule has 0 saturated carbocycles. The molecule has 0 aromatic rings. The summed E-state index contributed by atoms with van der Waals surface area (Å²) in [7, 11) is 5.10. The number of rotatable bonds is 12. The third kappa shape index (κ3) is 12.2. The van der Waals surface area contributed by atoms with Gasteiger partial charge in [-0.3, -0.25) is 19.2 Å². The molecule has 3 aliphatic rings. The number of carbonyl (C=O) groups is 4. The van der Waals surface area contributed by atoms with Crippen molar-refractivity contribution in [2.24, 2.45) is 23.7 Å². The van der Waals surface area contributed by atoms with Crippen LogP contribution in [0.5, 0.6) is 0 Å². The Labute approximate surface area is 356 Å². The minimum Gasteiger partial charge on any atom is -0.465 e. The molecule has 0 radical (unpaired) electrons. The molecule has 0 unspecified atom stereocenters. The van der Waals surface area contributed by atoms with Crippen LogP contribution in [-0.2, 0) is 57.1 Å². The number of hydrogen-bond donors (Lipinski definition) is 4. The molecule has 3 rings (SSSR count). The highest BCUT2D eigenvalue weighted by molar-refractivity contribution is 5.83. The maximum Gasteiger partial charge on any atom is 0.311 e. The molecule has 0 aliphatic carbocycles. The fraction of sp³-hybridized carbons (Fsp3) is 0.907. The number of carbonyl (C=O) groups excluding carboxylic acids is 4. The van der Waals surface area contributed by atoms with Gasteiger partial charge in [0.05, 0.1) is 60.1 Å². The van der Waals surface area contributed by atoms with Crippen LogP contribution in [-0.4, -0.2) is 161 Å². The number of Topliss-reactive ketones (excluding diaryl/α,β-unsaturated/α-hetero) is 1. The highest BCUT2D eigenvalue weighted by Gasteiger charge is 2.54. The Morgan fingerprint density at radius 2 is 1.50 bits per heavy atom. The summed E-state index contributed by atoms with van der Waals surface area (Å²) in [5.74, 6) is -6.51. The molecule has 0 aromatic carbocycles. The predicted octanol–water partition coefficient (Wildman–Crippen LogP) is 2.68. The standard InChI is InChI=1S/C43H75NO16/c1-15-29-43(11,52)36(48)24(5)33(47)22(3)20-41(9,51)38(25(6)34(26(7)39(50)57-29)59-32-21-42(10,53-14)37(49)27(8)56-32)60-40-35(28(44(12)13)19-23(4)55-40)58-31(46)17-18-54-30(45)16-2/h22-29,32,34-38,40,48-49,51-52H,15-21H2,1-14H3/t22-,23-,24+,25+,26-,27-,28+,29-,32+,34+,35-,36-,37-,38-,40-,41-,42+,43-/m1/s1. The monoisotopic (exact) mass is 862 g/mol. The van der Waals surface area contributed by atoms with Gasteiger partial charge in [0, 0.05) is 37.7 Å². The number of ketones is 1. The second-order valence-electron chi connectivity index (χ2n) is 18.3. The summed E-state index contributed by atoms with van der Waals surface area (Å²) in [6.45, 7) is 17.5. The van der Waals surface area contributed by atoms with Crippen molar-refractivity contribution < 1.29 is 77.5 Å². The quantitative estimate of drug-likeness (QED) is 0.163. The van der Waals surface area contributed by atoms with Crippen molar-refractivity contribution in [3.05, 3.63) is 0 Å². The van der Waals surface area contributed by atoms with Crippen LogP contribution in [0.25, 0.3) is 0 Å². The number of cyclic esters (lactones) is 1. The first kappa shape index (κ1) is 52.0. The predicted molar refractivity (Wildman–Crippen MR) is 216 cm³/mol. The smallest absolute Gasteiger partial charge is 0.311 e. The molecular weight excluding hydrogens is 786 g/mol. The van der Waals surface area contributed by atoms with Crippen LogP contribution in [0, 0.1) is 23.7 Å². The summed E-state index contributed by atoms with van der Waals surface area (Å²) >= 11 is 0. The molecule has 60 heavy (non-hydrogen) atoms. The van der Waals surface area contributed by atoms with Gasteiger partial charge in [-0.15, -0.1) is 0 Å². The van der Waals surface area contributed by atoms with Crippen molar-refractivity contribution in [3.8, 4) is 0 Å². The lowest BCUT2D eigenvalue weighted by atomic mass is 9.74. The summed E-state index contributed by atoms with van der Waals surface area (Å²) in [5, 5.41) is 46.8. The van der Waals surface area contributed by atoms with Crippen LogP contribution >= 0.6 is 0 Å². The van der Waals surface area contributed by atoms with Crippen molar-refractivity contribution in [3.63, 3.8) is 0 Å². The number of aliphatic hydroxyl groups excluding tert-OH is 2. The van der Waals surface area contributed by atoms with Crippen molar-refractivity contribution in [1.82, 2.24) is 4.90 Å². The molecule has 18 atom stereocenters. The van der Waals surface area contributed by atoms with Gasteiger partial charge >= 0.3 is 17.9 Å². The molecule has 0 spiro atoms. The third-order valence-electron chi connectivity index (χ3n) is 12.9. The minimum absolute atomic E-state index is 0.0448. The fourth-order valence-corrected chi connectivity index (χ4v) is 9.08. The SMILES string of the molecule is CCC(=O)OCCC(=O)O[C@H]1[C@@H](O[C@@H]2[C@@H](C)[C@H](O[C@H]3C[C@](C)(OC)[C@H](O)[C@@H](C)O3)[C@@H](C)C(=O)O[C@H](CC)[C@@](C)(O)[C@H](O)[C@@H](C)C(=O)[C@H](C)C[C@@]2(C)O)O[C@H](C)C[C@@H]1N(C)C. The topological polar surface area (TPSA) is 226 Å². The molecule has 3 heterocycles. The zero-order valence-corrected chi connectivity index (χ0v) is 38.2. The van der Waals surface area contributed by atoms with Crippen molar-refractivity contribution in [2.75, 3.05) is 27.8 Å². The van der Waals surface area contributed by atoms with Crippen molar-refractivity contribution in [1.29, 1.82) is 0 Å². The minimum atomic E-state index is -2.04. The normalized spacial score (nSPS) is 43.8. The van der Waals surface area contributed by atoms with E-state index in [1.165, 1.54) is 27.9 Å². The van der Waals surface area contributed by atoms with Crippen LogP contribution in [0.1, 0.15) is 115 Å². The van der Waals surface area contributed by atoms with E-state index in [1.807, 2.05) is 25.9 Å². The number of aliphatic hydroxyl groups is 4. The van der Waals surface area contributed by atoms with E-state index in [4.69, 9.17) is 37.9 Å². The summed E-state index contributed by atoms with van der Waals surface area (Å²) in [6.07, 6.45) is -10.7. The zero-order valence-electron chi connectivity index (χ0n) is 38.2. The van der Waals surface area contributed by atoms with E-state index in [1.54, 1.807) is 48.5 Å². The molecule has 3 saturated heterocycles. The number of esters is 3. The first-order valence-corrected chi connectivity index (χ1v) is 21.5. The maximum atomic E-state index is 14.3. The molecule has 17 heteroatoms. The molecule has 348 valence electrons. The third-order valence-corrected chi connectivity index (χ3v) is 12.9. The van der Waals surface area contributed by atoms with Crippen LogP contribution in [0.15, 0.2) is 0 Å². The summed E-state index contributed by atoms with van der Waals surface area (Å²) < 4.78 is 48.9. The highest BCUT2D eigenvalue weighted by Crippen LogP contribution is 2.41. The number of likely N-dealkylation sites (N-methyl/N-ethyl adjacent to an activating group) is 1. The number of methoxy groups -OCH3 is 1. The summed E-state index contributed by atoms with van der Waals surface area (Å²) in [4.78, 5) is 55.3. The zero-order chi connectivity index (χ0) is 45.7. The second kappa shape index (κ2) is 21.4. The van der Waals surface area contributed by atoms with Gasteiger partial charge in [-0.25, -0.2) is 0 Å². The Balaban J connectivity index is 2.21. The average Bonchev–Trinajstić information content (AvgIpc) is 3.18. The maximum absolute atomic E-state index is 14.3. The van der Waals surface area contributed by atoms with Gasteiger partial charge in [0.1, 0.15) is 30.2 Å². The largest absolute Gasteiger partial charge is 0.465 e. The molecule has 17 nitrogen and oxygen atoms in total. The Bertz CT molecular complexity index is 1440. The van der Waals surface area contributed by atoms with E-state index >= 15 is 0 Å². The van der Waals surface area contributed by atoms with Gasteiger partial charge in [0.15, 0.2) is 18.7 Å². The van der Waals surface area contributed by atoms with Gasteiger partial charge in [0.25, 0.3) is 0 Å². The van der Waals surface area contributed by atoms with Crippen LogP contribution < -0.4 is 0 Å². The highest BCUT2D eigenvalue weighted by atomic mass is 16.7. The Morgan fingerprint density at radius 1 is 0.867 bits per heavy atom. The fourth-order valence-electron chi connectivity index (χ4n) is 9.08. The van der Waals surface area contributed by atoms with Gasteiger partial charge in [-0.05, 0) is 74.9 Å². The number of nitrogens with zero attached hydrogens (tertiary/aromatic N) is 1. The lowest BCUT2D eigenvalue weighted by Gasteiger charge is -2.49.